The van der Waals surface area contributed by atoms with Crippen molar-refractivity contribution < 1.29 is 9.90 Å². The zero-order valence-electron chi connectivity index (χ0n) is 10.8. The Morgan fingerprint density at radius 3 is 2.84 bits per heavy atom. The number of aliphatic carboxylic acids is 1. The fourth-order valence-electron chi connectivity index (χ4n) is 2.75. The third kappa shape index (κ3) is 3.41. The van der Waals surface area contributed by atoms with Gasteiger partial charge in [-0.05, 0) is 44.0 Å². The molecule has 0 radical (unpaired) electrons. The summed E-state index contributed by atoms with van der Waals surface area (Å²) in [4.78, 5) is 13.1. The van der Waals surface area contributed by atoms with Crippen molar-refractivity contribution in [2.75, 3.05) is 6.54 Å². The molecule has 1 fully saturated rings. The first-order valence-electron chi connectivity index (χ1n) is 6.41. The van der Waals surface area contributed by atoms with Crippen LogP contribution in [0.2, 0.25) is 10.0 Å². The van der Waals surface area contributed by atoms with Crippen LogP contribution in [0.25, 0.3) is 0 Å². The van der Waals surface area contributed by atoms with Crippen molar-refractivity contribution in [2.24, 2.45) is 0 Å². The highest BCUT2D eigenvalue weighted by Gasteiger charge is 2.30. The largest absolute Gasteiger partial charge is 0.481 e. The van der Waals surface area contributed by atoms with Gasteiger partial charge in [-0.2, -0.15) is 0 Å². The minimum absolute atomic E-state index is 0.113. The monoisotopic (exact) mass is 301 g/mol. The molecule has 1 N–H and O–H groups in total. The lowest BCUT2D eigenvalue weighted by Crippen LogP contribution is -2.33. The summed E-state index contributed by atoms with van der Waals surface area (Å²) in [5, 5.41) is 10.0. The average Bonchev–Trinajstić information content (AvgIpc) is 2.79. The van der Waals surface area contributed by atoms with Crippen molar-refractivity contribution >= 4 is 29.2 Å². The molecule has 2 unspecified atom stereocenters. The summed E-state index contributed by atoms with van der Waals surface area (Å²) in [6.07, 6.45) is 2.19. The van der Waals surface area contributed by atoms with Gasteiger partial charge in [-0.15, -0.1) is 0 Å². The molecule has 0 saturated carbocycles. The second-order valence-electron chi connectivity index (χ2n) is 4.98. The molecular weight excluding hydrogens is 285 g/mol. The van der Waals surface area contributed by atoms with E-state index in [0.29, 0.717) is 10.0 Å². The Morgan fingerprint density at radius 2 is 2.21 bits per heavy atom. The Labute approximate surface area is 123 Å². The minimum Gasteiger partial charge on any atom is -0.481 e. The molecule has 3 nitrogen and oxygen atoms in total. The van der Waals surface area contributed by atoms with Crippen LogP contribution in [-0.4, -0.2) is 28.6 Å². The summed E-state index contributed by atoms with van der Waals surface area (Å²) < 4.78 is 0. The van der Waals surface area contributed by atoms with Crippen LogP contribution >= 0.6 is 23.2 Å². The Hall–Kier alpha value is -0.770. The zero-order valence-corrected chi connectivity index (χ0v) is 12.3. The lowest BCUT2D eigenvalue weighted by Gasteiger charge is -2.30. The summed E-state index contributed by atoms with van der Waals surface area (Å²) in [7, 11) is 0. The van der Waals surface area contributed by atoms with E-state index in [1.807, 2.05) is 12.1 Å². The van der Waals surface area contributed by atoms with E-state index >= 15 is 0 Å². The number of likely N-dealkylation sites (tertiary alicyclic amines) is 1. The van der Waals surface area contributed by atoms with Crippen LogP contribution in [0.5, 0.6) is 0 Å². The van der Waals surface area contributed by atoms with Crippen LogP contribution in [0.4, 0.5) is 0 Å². The van der Waals surface area contributed by atoms with E-state index in [1.54, 1.807) is 6.07 Å². The highest BCUT2D eigenvalue weighted by Crippen LogP contribution is 2.33. The van der Waals surface area contributed by atoms with Crippen LogP contribution in [0, 0.1) is 0 Å². The Morgan fingerprint density at radius 1 is 1.47 bits per heavy atom. The molecule has 1 aromatic carbocycles. The molecule has 0 spiro atoms. The Balaban J connectivity index is 2.15. The van der Waals surface area contributed by atoms with E-state index in [1.165, 1.54) is 0 Å². The molecule has 1 saturated heterocycles. The van der Waals surface area contributed by atoms with Gasteiger partial charge in [0.2, 0.25) is 0 Å². The van der Waals surface area contributed by atoms with Crippen molar-refractivity contribution in [3.05, 3.63) is 33.8 Å². The fraction of sp³-hybridized carbons (Fsp3) is 0.500. The maximum absolute atomic E-state index is 10.9. The first kappa shape index (κ1) is 14.6. The van der Waals surface area contributed by atoms with Gasteiger partial charge in [-0.3, -0.25) is 9.69 Å². The molecule has 1 aromatic rings. The topological polar surface area (TPSA) is 40.5 Å². The first-order chi connectivity index (χ1) is 8.99. The SMILES string of the molecule is CC(c1ccc(Cl)c(Cl)c1)N1CCCC1CC(=O)O. The normalized spacial score (nSPS) is 21.5. The number of benzene rings is 1. The first-order valence-corrected chi connectivity index (χ1v) is 7.17. The third-order valence-corrected chi connectivity index (χ3v) is 4.50. The van der Waals surface area contributed by atoms with Crippen LogP contribution in [0.1, 0.15) is 37.8 Å². The van der Waals surface area contributed by atoms with E-state index in [2.05, 4.69) is 11.8 Å². The van der Waals surface area contributed by atoms with E-state index in [-0.39, 0.29) is 18.5 Å². The predicted molar refractivity (Wildman–Crippen MR) is 76.9 cm³/mol. The lowest BCUT2D eigenvalue weighted by atomic mass is 10.0. The van der Waals surface area contributed by atoms with Gasteiger partial charge < -0.3 is 5.11 Å². The van der Waals surface area contributed by atoms with E-state index in [4.69, 9.17) is 28.3 Å². The summed E-state index contributed by atoms with van der Waals surface area (Å²) in [5.41, 5.74) is 1.08. The Bertz CT molecular complexity index is 479. The number of nitrogens with zero attached hydrogens (tertiary/aromatic N) is 1. The molecule has 1 aliphatic heterocycles. The molecule has 19 heavy (non-hydrogen) atoms. The smallest absolute Gasteiger partial charge is 0.304 e. The van der Waals surface area contributed by atoms with Crippen molar-refractivity contribution in [3.63, 3.8) is 0 Å². The van der Waals surface area contributed by atoms with Gasteiger partial charge in [0, 0.05) is 12.1 Å². The van der Waals surface area contributed by atoms with Gasteiger partial charge in [0.25, 0.3) is 0 Å². The second-order valence-corrected chi connectivity index (χ2v) is 5.80. The van der Waals surface area contributed by atoms with E-state index in [9.17, 15) is 4.79 Å². The average molecular weight is 302 g/mol. The number of halogens is 2. The third-order valence-electron chi connectivity index (χ3n) is 3.76. The molecule has 1 aliphatic rings. The highest BCUT2D eigenvalue weighted by molar-refractivity contribution is 6.42. The summed E-state index contributed by atoms with van der Waals surface area (Å²) in [6.45, 7) is 3.01. The molecule has 104 valence electrons. The predicted octanol–water partition coefficient (Wildman–Crippen LogP) is 3.99. The molecule has 0 aromatic heterocycles. The quantitative estimate of drug-likeness (QED) is 0.914. The number of carboxylic acids is 1. The van der Waals surface area contributed by atoms with Gasteiger partial charge in [0.15, 0.2) is 0 Å². The standard InChI is InChI=1S/C14H17Cl2NO2/c1-9(10-4-5-12(15)13(16)7-10)17-6-2-3-11(17)8-14(18)19/h4-5,7,9,11H,2-3,6,8H2,1H3,(H,18,19). The van der Waals surface area contributed by atoms with Crippen molar-refractivity contribution in [1.82, 2.24) is 4.90 Å². The van der Waals surface area contributed by atoms with E-state index in [0.717, 1.165) is 24.9 Å². The van der Waals surface area contributed by atoms with Gasteiger partial charge >= 0.3 is 5.97 Å². The summed E-state index contributed by atoms with van der Waals surface area (Å²) in [5.74, 6) is -0.738. The van der Waals surface area contributed by atoms with Gasteiger partial charge in [-0.25, -0.2) is 0 Å². The van der Waals surface area contributed by atoms with Crippen LogP contribution in [0.3, 0.4) is 0 Å². The van der Waals surface area contributed by atoms with Crippen LogP contribution < -0.4 is 0 Å². The van der Waals surface area contributed by atoms with Gasteiger partial charge in [0.1, 0.15) is 0 Å². The number of rotatable bonds is 4. The molecule has 0 aliphatic carbocycles. The van der Waals surface area contributed by atoms with Crippen molar-refractivity contribution in [3.8, 4) is 0 Å². The molecule has 2 rings (SSSR count). The van der Waals surface area contributed by atoms with Crippen LogP contribution in [0.15, 0.2) is 18.2 Å². The maximum atomic E-state index is 10.9. The van der Waals surface area contributed by atoms with Crippen molar-refractivity contribution in [2.45, 2.75) is 38.3 Å². The highest BCUT2D eigenvalue weighted by atomic mass is 35.5. The molecule has 1 heterocycles. The molecule has 0 bridgehead atoms. The maximum Gasteiger partial charge on any atom is 0.304 e. The van der Waals surface area contributed by atoms with Gasteiger partial charge in [0.05, 0.1) is 16.5 Å². The Kier molecular flexibility index (Phi) is 4.71. The van der Waals surface area contributed by atoms with Crippen LogP contribution in [-0.2, 0) is 4.79 Å². The molecule has 0 amide bonds. The number of hydrogen-bond acceptors (Lipinski definition) is 2. The molecule has 2 atom stereocenters. The lowest BCUT2D eigenvalue weighted by molar-refractivity contribution is -0.138. The summed E-state index contributed by atoms with van der Waals surface area (Å²) in [6, 6.07) is 5.88. The molecular formula is C14H17Cl2NO2. The number of carboxylic acid groups (broad SMARTS) is 1. The van der Waals surface area contributed by atoms with Crippen molar-refractivity contribution in [1.29, 1.82) is 0 Å². The number of hydrogen-bond donors (Lipinski definition) is 1. The second kappa shape index (κ2) is 6.12. The van der Waals surface area contributed by atoms with E-state index < -0.39 is 5.97 Å². The fourth-order valence-corrected chi connectivity index (χ4v) is 3.06. The van der Waals surface area contributed by atoms with Gasteiger partial charge in [-0.1, -0.05) is 29.3 Å². The summed E-state index contributed by atoms with van der Waals surface area (Å²) >= 11 is 12.0. The molecule has 5 heteroatoms. The minimum atomic E-state index is -0.738. The zero-order chi connectivity index (χ0) is 14.0. The number of carbonyl (C=O) groups is 1.